The highest BCUT2D eigenvalue weighted by Gasteiger charge is 2.09. The second-order valence-corrected chi connectivity index (χ2v) is 22.9. The predicted molar refractivity (Wildman–Crippen MR) is 330 cm³/mol. The lowest BCUT2D eigenvalue weighted by molar-refractivity contribution is 0.141. The molecule has 428 valence electrons. The van der Waals surface area contributed by atoms with Crippen molar-refractivity contribution in [2.24, 2.45) is 11.8 Å². The molecule has 2 aromatic rings. The number of rotatable bonds is 58. The number of hydrogen-bond donors (Lipinski definition) is 6. The van der Waals surface area contributed by atoms with Crippen molar-refractivity contribution >= 4 is 11.4 Å². The largest absolute Gasteiger partial charge is 0.496 e. The Bertz CT molecular complexity index is 1330. The minimum Gasteiger partial charge on any atom is -0.496 e. The molecule has 7 nitrogen and oxygen atoms in total. The Morgan fingerprint density at radius 2 is 0.649 bits per heavy atom. The monoisotopic (exact) mass is 1030 g/mol. The van der Waals surface area contributed by atoms with E-state index in [1.54, 1.807) is 6.26 Å². The molecule has 0 aromatic heterocycles. The third-order valence-electron chi connectivity index (χ3n) is 15.3. The van der Waals surface area contributed by atoms with Crippen molar-refractivity contribution in [3.63, 3.8) is 0 Å². The molecular weight excluding hydrogens is 905 g/mol. The van der Waals surface area contributed by atoms with Crippen molar-refractivity contribution in [3.05, 3.63) is 72.5 Å². The fourth-order valence-electron chi connectivity index (χ4n) is 10.5. The van der Waals surface area contributed by atoms with Crippen LogP contribution in [0.4, 0.5) is 11.4 Å². The maximum Gasteiger partial charge on any atom is 0.122 e. The third-order valence-corrected chi connectivity index (χ3v) is 15.3. The van der Waals surface area contributed by atoms with Crippen LogP contribution in [0.15, 0.2) is 61.4 Å². The molecule has 6 N–H and O–H groups in total. The Labute approximate surface area is 460 Å². The summed E-state index contributed by atoms with van der Waals surface area (Å²) < 4.78 is 5.80. The number of hydrogen-bond acceptors (Lipinski definition) is 7. The minimum absolute atomic E-state index is 0.151. The van der Waals surface area contributed by atoms with Crippen molar-refractivity contribution in [1.82, 2.24) is 21.3 Å². The summed E-state index contributed by atoms with van der Waals surface area (Å²) in [4.78, 5) is 0. The molecule has 0 heterocycles. The summed E-state index contributed by atoms with van der Waals surface area (Å²) in [7, 11) is 0. The molecule has 0 fully saturated rings. The van der Waals surface area contributed by atoms with Gasteiger partial charge in [-0.1, -0.05) is 225 Å². The van der Waals surface area contributed by atoms with Crippen LogP contribution in [0.1, 0.15) is 257 Å². The van der Waals surface area contributed by atoms with Gasteiger partial charge in [-0.2, -0.15) is 0 Å². The quantitative estimate of drug-likeness (QED) is 0.0291. The SMILES string of the molecule is C=COC(CNCCCCCCCCNCCCCCNc1ccc(CC(C)CCCCCCCCC)cc1)CNCCCCCCCCNCCCCCNc1ccc(CC(C)CCCCCCCCC)cc1. The molecule has 74 heavy (non-hydrogen) atoms. The van der Waals surface area contributed by atoms with Gasteiger partial charge in [0.1, 0.15) is 6.10 Å². The Hall–Kier alpha value is -2.58. The van der Waals surface area contributed by atoms with E-state index < -0.39 is 0 Å². The lowest BCUT2D eigenvalue weighted by atomic mass is 9.95. The molecule has 7 heteroatoms. The number of anilines is 2. The molecule has 0 aliphatic rings. The Kier molecular flexibility index (Phi) is 47.9. The summed E-state index contributed by atoms with van der Waals surface area (Å²) >= 11 is 0. The molecule has 0 aliphatic heterocycles. The molecule has 2 atom stereocenters. The molecule has 0 amide bonds. The first-order valence-electron chi connectivity index (χ1n) is 32.3. The van der Waals surface area contributed by atoms with Gasteiger partial charge in [0.25, 0.3) is 0 Å². The number of ether oxygens (including phenoxy) is 1. The molecule has 2 aromatic carbocycles. The van der Waals surface area contributed by atoms with Crippen molar-refractivity contribution in [2.75, 3.05) is 76.1 Å². The van der Waals surface area contributed by atoms with E-state index in [1.807, 2.05) is 0 Å². The van der Waals surface area contributed by atoms with E-state index >= 15 is 0 Å². The van der Waals surface area contributed by atoms with Crippen molar-refractivity contribution in [1.29, 1.82) is 0 Å². The highest BCUT2D eigenvalue weighted by Crippen LogP contribution is 2.21. The van der Waals surface area contributed by atoms with Crippen LogP contribution in [-0.2, 0) is 17.6 Å². The molecule has 0 bridgehead atoms. The van der Waals surface area contributed by atoms with Gasteiger partial charge >= 0.3 is 0 Å². The zero-order chi connectivity index (χ0) is 52.9. The smallest absolute Gasteiger partial charge is 0.122 e. The number of unbranched alkanes of at least 4 members (excludes halogenated alkanes) is 26. The first-order chi connectivity index (χ1) is 36.5. The lowest BCUT2D eigenvalue weighted by Gasteiger charge is -2.18. The molecule has 0 radical (unpaired) electrons. The van der Waals surface area contributed by atoms with E-state index in [1.165, 1.54) is 254 Å². The van der Waals surface area contributed by atoms with Crippen LogP contribution in [-0.4, -0.2) is 71.6 Å². The topological polar surface area (TPSA) is 81.4 Å². The van der Waals surface area contributed by atoms with Crippen LogP contribution >= 0.6 is 0 Å². The van der Waals surface area contributed by atoms with Gasteiger partial charge in [0.15, 0.2) is 0 Å². The van der Waals surface area contributed by atoms with Crippen LogP contribution in [0.25, 0.3) is 0 Å². The van der Waals surface area contributed by atoms with Crippen LogP contribution < -0.4 is 31.9 Å². The fraction of sp³-hybridized carbons (Fsp3) is 0.791. The average molecular weight is 1030 g/mol. The summed E-state index contributed by atoms with van der Waals surface area (Å²) in [6.45, 7) is 23.9. The van der Waals surface area contributed by atoms with E-state index in [0.29, 0.717) is 0 Å². The summed E-state index contributed by atoms with van der Waals surface area (Å²) in [6, 6.07) is 18.5. The average Bonchev–Trinajstić information content (AvgIpc) is 3.40. The van der Waals surface area contributed by atoms with Crippen LogP contribution in [0.3, 0.4) is 0 Å². The second kappa shape index (κ2) is 52.5. The zero-order valence-corrected chi connectivity index (χ0v) is 49.6. The summed E-state index contributed by atoms with van der Waals surface area (Å²) in [5.41, 5.74) is 5.51. The zero-order valence-electron chi connectivity index (χ0n) is 49.6. The molecule has 2 rings (SSSR count). The fourth-order valence-corrected chi connectivity index (χ4v) is 10.5. The molecule has 0 aliphatic carbocycles. The van der Waals surface area contributed by atoms with Gasteiger partial charge in [-0.15, -0.1) is 0 Å². The Balaban J connectivity index is 1.27. The maximum absolute atomic E-state index is 5.80. The Morgan fingerprint density at radius 3 is 0.986 bits per heavy atom. The van der Waals surface area contributed by atoms with Gasteiger partial charge in [0.05, 0.1) is 6.26 Å². The summed E-state index contributed by atoms with van der Waals surface area (Å²) in [5, 5.41) is 21.9. The van der Waals surface area contributed by atoms with Crippen molar-refractivity contribution < 1.29 is 4.74 Å². The molecule has 2 unspecified atom stereocenters. The second-order valence-electron chi connectivity index (χ2n) is 22.9. The predicted octanol–water partition coefficient (Wildman–Crippen LogP) is 17.8. The van der Waals surface area contributed by atoms with E-state index in [4.69, 9.17) is 4.74 Å². The standard InChI is InChI=1S/C67H124N6O/c1-6-9-11-13-15-21-29-39-61(4)57-63-41-45-65(46-42-63)72-55-37-27-35-51-68-49-31-23-17-19-25-33-53-70-59-67(74-8-3)60-71-54-34-26-20-18-24-32-50-69-52-36-28-38-56-73-66-47-43-64(44-48-66)58-62(5)40-30-22-16-14-12-10-7-2/h8,41-48,61-62,67-73H,3,6-7,9-40,49-60H2,1-2,4-5H3. The van der Waals surface area contributed by atoms with Crippen LogP contribution in [0.5, 0.6) is 0 Å². The van der Waals surface area contributed by atoms with E-state index in [-0.39, 0.29) is 6.10 Å². The van der Waals surface area contributed by atoms with E-state index in [2.05, 4.69) is 115 Å². The first kappa shape index (κ1) is 67.5. The summed E-state index contributed by atoms with van der Waals surface area (Å²) in [6.07, 6.45) is 50.0. The molecule has 0 saturated carbocycles. The van der Waals surface area contributed by atoms with Crippen LogP contribution in [0.2, 0.25) is 0 Å². The minimum atomic E-state index is 0.151. The van der Waals surface area contributed by atoms with E-state index in [9.17, 15) is 0 Å². The summed E-state index contributed by atoms with van der Waals surface area (Å²) in [5.74, 6) is 1.57. The maximum atomic E-state index is 5.80. The highest BCUT2D eigenvalue weighted by atomic mass is 16.5. The van der Waals surface area contributed by atoms with Gasteiger partial charge in [0, 0.05) is 37.6 Å². The van der Waals surface area contributed by atoms with Crippen molar-refractivity contribution in [2.45, 2.75) is 265 Å². The number of benzene rings is 2. The normalized spacial score (nSPS) is 12.8. The van der Waals surface area contributed by atoms with Crippen LogP contribution in [0, 0.1) is 11.8 Å². The molecule has 0 spiro atoms. The first-order valence-corrected chi connectivity index (χ1v) is 32.3. The molecular formula is C67H124N6O. The van der Waals surface area contributed by atoms with Crippen molar-refractivity contribution in [3.8, 4) is 0 Å². The van der Waals surface area contributed by atoms with Gasteiger partial charge in [-0.25, -0.2) is 0 Å². The number of nitrogens with one attached hydrogen (secondary N) is 6. The van der Waals surface area contributed by atoms with E-state index in [0.717, 1.165) is 77.3 Å². The third kappa shape index (κ3) is 43.5. The van der Waals surface area contributed by atoms with Gasteiger partial charge in [-0.3, -0.25) is 0 Å². The van der Waals surface area contributed by atoms with Gasteiger partial charge in [0.2, 0.25) is 0 Å². The highest BCUT2D eigenvalue weighted by molar-refractivity contribution is 5.45. The molecule has 0 saturated heterocycles. The van der Waals surface area contributed by atoms with Gasteiger partial charge < -0.3 is 36.6 Å². The Morgan fingerprint density at radius 1 is 0.365 bits per heavy atom. The van der Waals surface area contributed by atoms with Gasteiger partial charge in [-0.05, 0) is 151 Å². The lowest BCUT2D eigenvalue weighted by Crippen LogP contribution is -2.37.